The molecule has 2 aromatic carbocycles. The van der Waals surface area contributed by atoms with Crippen LogP contribution in [0.1, 0.15) is 57.6 Å². The highest BCUT2D eigenvalue weighted by Crippen LogP contribution is 2.38. The predicted molar refractivity (Wildman–Crippen MR) is 122 cm³/mol. The van der Waals surface area contributed by atoms with Crippen molar-refractivity contribution < 1.29 is 4.43 Å². The van der Waals surface area contributed by atoms with Gasteiger partial charge in [-0.1, -0.05) is 75.7 Å². The van der Waals surface area contributed by atoms with Gasteiger partial charge in [-0.25, -0.2) is 0 Å². The zero-order valence-electron chi connectivity index (χ0n) is 18.1. The summed E-state index contributed by atoms with van der Waals surface area (Å²) in [7, 11) is -2.23. The Morgan fingerprint density at radius 3 is 2.43 bits per heavy atom. The second-order valence-corrected chi connectivity index (χ2v) is 13.1. The third-order valence-corrected chi connectivity index (χ3v) is 11.9. The smallest absolute Gasteiger partial charge is 0.256 e. The third kappa shape index (κ3) is 3.62. The zero-order valence-corrected chi connectivity index (χ0v) is 19.1. The molecule has 4 atom stereocenters. The summed E-state index contributed by atoms with van der Waals surface area (Å²) in [6, 6.07) is 19.5. The molecule has 0 saturated heterocycles. The predicted octanol–water partition coefficient (Wildman–Crippen LogP) is 5.48. The third-order valence-electron chi connectivity index (χ3n) is 7.32. The lowest BCUT2D eigenvalue weighted by atomic mass is 9.75. The van der Waals surface area contributed by atoms with Crippen LogP contribution in [0, 0.1) is 24.7 Å². The average molecular weight is 393 g/mol. The summed E-state index contributed by atoms with van der Waals surface area (Å²) in [6.45, 7) is 9.50. The van der Waals surface area contributed by atoms with Crippen LogP contribution in [0.3, 0.4) is 0 Å². The van der Waals surface area contributed by atoms with Crippen molar-refractivity contribution in [3.8, 4) is 0 Å². The van der Waals surface area contributed by atoms with Gasteiger partial charge in [-0.05, 0) is 77.9 Å². The van der Waals surface area contributed by atoms with Crippen molar-refractivity contribution in [1.82, 2.24) is 0 Å². The largest absolute Gasteiger partial charge is 0.405 e. The Morgan fingerprint density at radius 1 is 0.964 bits per heavy atom. The lowest BCUT2D eigenvalue weighted by Gasteiger charge is -2.46. The number of benzene rings is 2. The Hall–Kier alpha value is -1.38. The highest BCUT2D eigenvalue weighted by Gasteiger charge is 2.47. The summed E-state index contributed by atoms with van der Waals surface area (Å²) in [5.41, 5.74) is 2.95. The van der Waals surface area contributed by atoms with Crippen molar-refractivity contribution in [2.75, 3.05) is 0 Å². The van der Waals surface area contributed by atoms with Gasteiger partial charge in [0.2, 0.25) is 0 Å². The molecule has 0 aromatic heterocycles. The van der Waals surface area contributed by atoms with Crippen LogP contribution < -0.4 is 10.4 Å². The Bertz CT molecular complexity index is 814. The first-order chi connectivity index (χ1) is 13.5. The highest BCUT2D eigenvalue weighted by molar-refractivity contribution is 6.98. The van der Waals surface area contributed by atoms with Crippen LogP contribution in [0.15, 0.2) is 48.5 Å². The van der Waals surface area contributed by atoms with Gasteiger partial charge in [0.25, 0.3) is 8.32 Å². The fourth-order valence-electron chi connectivity index (χ4n) is 5.80. The van der Waals surface area contributed by atoms with Crippen molar-refractivity contribution in [3.63, 3.8) is 0 Å². The summed E-state index contributed by atoms with van der Waals surface area (Å²) >= 11 is 0. The summed E-state index contributed by atoms with van der Waals surface area (Å²) < 4.78 is 7.50. The van der Waals surface area contributed by atoms with Crippen molar-refractivity contribution in [1.29, 1.82) is 0 Å². The second-order valence-electron chi connectivity index (χ2n) is 9.64. The van der Waals surface area contributed by atoms with Gasteiger partial charge in [-0.15, -0.1) is 0 Å². The molecule has 150 valence electrons. The molecule has 2 aromatic rings. The van der Waals surface area contributed by atoms with Gasteiger partial charge in [0.05, 0.1) is 0 Å². The maximum Gasteiger partial charge on any atom is 0.256 e. The Balaban J connectivity index is 1.82. The molecule has 0 radical (unpaired) electrons. The van der Waals surface area contributed by atoms with E-state index in [2.05, 4.69) is 76.2 Å². The summed E-state index contributed by atoms with van der Waals surface area (Å²) in [4.78, 5) is 0. The SMILES string of the molecule is Cc1ccccc1[Si]1(O[C@@H]2C[C@H](C)CC[C@H]2C(C)C)CCCc2ccccc21. The summed E-state index contributed by atoms with van der Waals surface area (Å²) in [5.74, 6) is 2.17. The van der Waals surface area contributed by atoms with Gasteiger partial charge < -0.3 is 4.43 Å². The molecule has 2 heteroatoms. The van der Waals surface area contributed by atoms with Crippen LogP contribution in [-0.4, -0.2) is 14.4 Å². The van der Waals surface area contributed by atoms with Gasteiger partial charge >= 0.3 is 0 Å². The molecule has 1 aliphatic heterocycles. The van der Waals surface area contributed by atoms with Crippen molar-refractivity contribution >= 4 is 18.7 Å². The van der Waals surface area contributed by atoms with Gasteiger partial charge in [0.1, 0.15) is 0 Å². The maximum absolute atomic E-state index is 7.50. The zero-order chi connectivity index (χ0) is 19.7. The summed E-state index contributed by atoms with van der Waals surface area (Å²) in [6.07, 6.45) is 6.77. The van der Waals surface area contributed by atoms with Crippen molar-refractivity contribution in [3.05, 3.63) is 59.7 Å². The van der Waals surface area contributed by atoms with Crippen LogP contribution in [0.5, 0.6) is 0 Å². The van der Waals surface area contributed by atoms with Crippen molar-refractivity contribution in [2.24, 2.45) is 17.8 Å². The Morgan fingerprint density at radius 2 is 1.68 bits per heavy atom. The molecule has 28 heavy (non-hydrogen) atoms. The fourth-order valence-corrected chi connectivity index (χ4v) is 10.6. The molecule has 4 rings (SSSR count). The molecule has 1 aliphatic carbocycles. The number of hydrogen-bond acceptors (Lipinski definition) is 1. The Kier molecular flexibility index (Phi) is 5.80. The normalized spacial score (nSPS) is 30.2. The van der Waals surface area contributed by atoms with Crippen LogP contribution in [0.4, 0.5) is 0 Å². The quantitative estimate of drug-likeness (QED) is 0.626. The molecule has 0 spiro atoms. The topological polar surface area (TPSA) is 9.23 Å². The number of rotatable bonds is 4. The minimum atomic E-state index is -2.23. The van der Waals surface area contributed by atoms with Gasteiger partial charge in [-0.3, -0.25) is 0 Å². The molecular formula is C26H36OSi. The van der Waals surface area contributed by atoms with Gasteiger partial charge in [0.15, 0.2) is 0 Å². The monoisotopic (exact) mass is 392 g/mol. The van der Waals surface area contributed by atoms with E-state index in [0.29, 0.717) is 17.9 Å². The van der Waals surface area contributed by atoms with E-state index < -0.39 is 8.32 Å². The van der Waals surface area contributed by atoms with Crippen LogP contribution in [0.2, 0.25) is 6.04 Å². The molecule has 1 unspecified atom stereocenters. The highest BCUT2D eigenvalue weighted by atomic mass is 28.4. The molecule has 0 amide bonds. The first-order valence-corrected chi connectivity index (χ1v) is 13.4. The van der Waals surface area contributed by atoms with Gasteiger partial charge in [-0.2, -0.15) is 0 Å². The molecule has 0 bridgehead atoms. The average Bonchev–Trinajstić information content (AvgIpc) is 2.68. The number of aryl methyl sites for hydroxylation is 2. The molecule has 0 N–H and O–H groups in total. The number of hydrogen-bond donors (Lipinski definition) is 0. The molecule has 1 fully saturated rings. The molecular weight excluding hydrogens is 356 g/mol. The van der Waals surface area contributed by atoms with Gasteiger partial charge in [0, 0.05) is 6.10 Å². The van der Waals surface area contributed by atoms with E-state index in [1.807, 2.05) is 0 Å². The lowest BCUT2D eigenvalue weighted by molar-refractivity contribution is 0.0416. The first-order valence-electron chi connectivity index (χ1n) is 11.3. The number of fused-ring (bicyclic) bond motifs is 1. The van der Waals surface area contributed by atoms with E-state index in [0.717, 1.165) is 5.92 Å². The second kappa shape index (κ2) is 8.16. The molecule has 1 nitrogen and oxygen atoms in total. The standard InChI is InChI=1S/C26H36OSi/c1-19(2)23-16-15-20(3)18-24(23)27-28(25-13-7-5-10-21(25)4)17-9-12-22-11-6-8-14-26(22)28/h5-8,10-11,13-14,19-20,23-24H,9,12,15-18H2,1-4H3/t20-,23+,24-,28?/m1/s1. The Labute approximate surface area is 172 Å². The van der Waals surface area contributed by atoms with E-state index in [1.54, 1.807) is 5.19 Å². The maximum atomic E-state index is 7.50. The van der Waals surface area contributed by atoms with Crippen LogP contribution in [-0.2, 0) is 10.8 Å². The molecule has 1 heterocycles. The molecule has 1 saturated carbocycles. The van der Waals surface area contributed by atoms with Crippen LogP contribution >= 0.6 is 0 Å². The minimum Gasteiger partial charge on any atom is -0.405 e. The lowest BCUT2D eigenvalue weighted by Crippen LogP contribution is -2.66. The van der Waals surface area contributed by atoms with E-state index in [4.69, 9.17) is 4.43 Å². The van der Waals surface area contributed by atoms with E-state index in [1.165, 1.54) is 54.5 Å². The fraction of sp³-hybridized carbons (Fsp3) is 0.538. The van der Waals surface area contributed by atoms with E-state index >= 15 is 0 Å². The van der Waals surface area contributed by atoms with E-state index in [-0.39, 0.29) is 0 Å². The molecule has 2 aliphatic rings. The summed E-state index contributed by atoms with van der Waals surface area (Å²) in [5, 5.41) is 3.07. The first kappa shape index (κ1) is 19.9. The van der Waals surface area contributed by atoms with Crippen LogP contribution in [0.25, 0.3) is 0 Å². The van der Waals surface area contributed by atoms with E-state index in [9.17, 15) is 0 Å². The van der Waals surface area contributed by atoms with Crippen molar-refractivity contribution in [2.45, 2.75) is 71.9 Å². The minimum absolute atomic E-state index is 0.404.